The summed E-state index contributed by atoms with van der Waals surface area (Å²) in [5, 5.41) is 3.27. The second kappa shape index (κ2) is 11.1. The molecule has 2 aliphatic rings. The van der Waals surface area contributed by atoms with Gasteiger partial charge in [-0.05, 0) is 55.7 Å². The SMILES string of the molecule is CCCCC(=O)NC(CCN1CC2CN(C(=O)c3c(C)ccnc3C)C[C@@H]2C1)c1ccccc1. The second-order valence-electron chi connectivity index (χ2n) is 10.0. The minimum absolute atomic E-state index is 0.0422. The van der Waals surface area contributed by atoms with Gasteiger partial charge in [0.05, 0.1) is 17.3 Å². The van der Waals surface area contributed by atoms with Crippen LogP contribution in [-0.2, 0) is 4.79 Å². The molecule has 2 unspecified atom stereocenters. The topological polar surface area (TPSA) is 65.5 Å². The highest BCUT2D eigenvalue weighted by molar-refractivity contribution is 5.96. The highest BCUT2D eigenvalue weighted by Gasteiger charge is 2.42. The Labute approximate surface area is 203 Å². The van der Waals surface area contributed by atoms with Crippen molar-refractivity contribution in [2.24, 2.45) is 11.8 Å². The quantitative estimate of drug-likeness (QED) is 0.608. The molecule has 2 fully saturated rings. The minimum atomic E-state index is 0.0422. The first-order valence-electron chi connectivity index (χ1n) is 12.7. The molecule has 4 rings (SSSR count). The van der Waals surface area contributed by atoms with E-state index in [1.54, 1.807) is 6.20 Å². The molecule has 1 N–H and O–H groups in total. The summed E-state index contributed by atoms with van der Waals surface area (Å²) in [5.41, 5.74) is 3.76. The summed E-state index contributed by atoms with van der Waals surface area (Å²) in [4.78, 5) is 34.5. The number of pyridine rings is 1. The van der Waals surface area contributed by atoms with Gasteiger partial charge in [-0.3, -0.25) is 14.6 Å². The van der Waals surface area contributed by atoms with Gasteiger partial charge in [-0.25, -0.2) is 0 Å². The maximum Gasteiger partial charge on any atom is 0.255 e. The Bertz CT molecular complexity index is 959. The molecule has 3 atom stereocenters. The smallest absolute Gasteiger partial charge is 0.255 e. The van der Waals surface area contributed by atoms with E-state index in [0.717, 1.165) is 68.8 Å². The molecule has 2 aliphatic heterocycles. The fraction of sp³-hybridized carbons (Fsp3) is 0.536. The number of nitrogens with one attached hydrogen (secondary N) is 1. The fourth-order valence-electron chi connectivity index (χ4n) is 5.54. The normalized spacial score (nSPS) is 20.9. The molecule has 3 heterocycles. The van der Waals surface area contributed by atoms with Crippen molar-refractivity contribution in [3.05, 3.63) is 65.0 Å². The standard InChI is InChI=1S/C28H38N4O2/c1-4-5-11-26(33)30-25(22-9-7-6-8-10-22)13-15-31-16-23-18-32(19-24(23)17-31)28(34)27-20(2)12-14-29-21(27)3/h6-10,12,14,23-25H,4-5,11,13,15-19H2,1-3H3,(H,30,33)/t23-,24?,25?/m0/s1. The van der Waals surface area contributed by atoms with Gasteiger partial charge in [0.15, 0.2) is 0 Å². The molecule has 0 bridgehead atoms. The molecular formula is C28H38N4O2. The number of nitrogens with zero attached hydrogens (tertiary/aromatic N) is 3. The van der Waals surface area contributed by atoms with Crippen LogP contribution in [-0.4, -0.2) is 59.3 Å². The maximum absolute atomic E-state index is 13.2. The molecule has 0 spiro atoms. The molecule has 6 heteroatoms. The van der Waals surface area contributed by atoms with Gasteiger partial charge in [0.2, 0.25) is 5.91 Å². The number of rotatable bonds is 9. The van der Waals surface area contributed by atoms with Gasteiger partial charge in [0, 0.05) is 45.3 Å². The van der Waals surface area contributed by atoms with E-state index < -0.39 is 0 Å². The largest absolute Gasteiger partial charge is 0.349 e. The van der Waals surface area contributed by atoms with Gasteiger partial charge >= 0.3 is 0 Å². The molecule has 2 amide bonds. The predicted octanol–water partition coefficient (Wildman–Crippen LogP) is 4.14. The summed E-state index contributed by atoms with van der Waals surface area (Å²) < 4.78 is 0. The number of hydrogen-bond acceptors (Lipinski definition) is 4. The van der Waals surface area contributed by atoms with Crippen LogP contribution >= 0.6 is 0 Å². The van der Waals surface area contributed by atoms with Crippen molar-refractivity contribution in [2.45, 2.75) is 52.5 Å². The molecule has 1 aromatic heterocycles. The van der Waals surface area contributed by atoms with Crippen molar-refractivity contribution in [2.75, 3.05) is 32.7 Å². The predicted molar refractivity (Wildman–Crippen MR) is 135 cm³/mol. The lowest BCUT2D eigenvalue weighted by Gasteiger charge is -2.25. The van der Waals surface area contributed by atoms with Crippen LogP contribution < -0.4 is 5.32 Å². The van der Waals surface area contributed by atoms with Crippen molar-refractivity contribution < 1.29 is 9.59 Å². The zero-order valence-corrected chi connectivity index (χ0v) is 20.8. The van der Waals surface area contributed by atoms with Gasteiger partial charge in [-0.1, -0.05) is 43.7 Å². The summed E-state index contributed by atoms with van der Waals surface area (Å²) in [5.74, 6) is 1.32. The number of benzene rings is 1. The molecule has 0 saturated carbocycles. The zero-order chi connectivity index (χ0) is 24.1. The van der Waals surface area contributed by atoms with E-state index >= 15 is 0 Å². The van der Waals surface area contributed by atoms with Crippen LogP contribution in [0.4, 0.5) is 0 Å². The van der Waals surface area contributed by atoms with Gasteiger partial charge < -0.3 is 15.1 Å². The van der Waals surface area contributed by atoms with E-state index in [-0.39, 0.29) is 17.9 Å². The van der Waals surface area contributed by atoms with Crippen molar-refractivity contribution in [3.8, 4) is 0 Å². The first-order chi connectivity index (χ1) is 16.5. The molecule has 0 radical (unpaired) electrons. The number of fused-ring (bicyclic) bond motifs is 1. The number of amides is 2. The van der Waals surface area contributed by atoms with Crippen LogP contribution in [0.3, 0.4) is 0 Å². The number of aromatic nitrogens is 1. The molecule has 1 aromatic carbocycles. The Morgan fingerprint density at radius 2 is 1.76 bits per heavy atom. The van der Waals surface area contributed by atoms with Gasteiger partial charge in [0.1, 0.15) is 0 Å². The van der Waals surface area contributed by atoms with E-state index in [9.17, 15) is 9.59 Å². The van der Waals surface area contributed by atoms with E-state index in [0.29, 0.717) is 18.3 Å². The van der Waals surface area contributed by atoms with E-state index in [1.165, 1.54) is 5.56 Å². The Morgan fingerprint density at radius 1 is 1.06 bits per heavy atom. The van der Waals surface area contributed by atoms with Crippen molar-refractivity contribution >= 4 is 11.8 Å². The Hall–Kier alpha value is -2.73. The number of hydrogen-bond donors (Lipinski definition) is 1. The first-order valence-corrected chi connectivity index (χ1v) is 12.7. The van der Waals surface area contributed by atoms with Crippen molar-refractivity contribution in [1.29, 1.82) is 0 Å². The molecule has 2 aromatic rings. The second-order valence-corrected chi connectivity index (χ2v) is 10.0. The van der Waals surface area contributed by atoms with E-state index in [4.69, 9.17) is 0 Å². The summed E-state index contributed by atoms with van der Waals surface area (Å²) in [7, 11) is 0. The Kier molecular flexibility index (Phi) is 7.99. The number of carbonyl (C=O) groups is 2. The van der Waals surface area contributed by atoms with Crippen molar-refractivity contribution in [3.63, 3.8) is 0 Å². The van der Waals surface area contributed by atoms with Crippen LogP contribution in [0.15, 0.2) is 42.6 Å². The number of aryl methyl sites for hydroxylation is 2. The Balaban J connectivity index is 1.32. The third kappa shape index (κ3) is 5.66. The zero-order valence-electron chi connectivity index (χ0n) is 20.8. The molecular weight excluding hydrogens is 424 g/mol. The van der Waals surface area contributed by atoms with Crippen LogP contribution in [0.1, 0.15) is 65.8 Å². The molecule has 2 saturated heterocycles. The van der Waals surface area contributed by atoms with Crippen LogP contribution in [0.2, 0.25) is 0 Å². The number of carbonyl (C=O) groups excluding carboxylic acids is 2. The van der Waals surface area contributed by atoms with Crippen LogP contribution in [0.5, 0.6) is 0 Å². The third-order valence-electron chi connectivity index (χ3n) is 7.44. The average molecular weight is 463 g/mol. The summed E-state index contributed by atoms with van der Waals surface area (Å²) >= 11 is 0. The molecule has 0 aliphatic carbocycles. The Morgan fingerprint density at radius 3 is 2.41 bits per heavy atom. The monoisotopic (exact) mass is 462 g/mol. The van der Waals surface area contributed by atoms with Crippen LogP contribution in [0, 0.1) is 25.7 Å². The third-order valence-corrected chi connectivity index (χ3v) is 7.44. The summed E-state index contributed by atoms with van der Waals surface area (Å²) in [6, 6.07) is 12.3. The highest BCUT2D eigenvalue weighted by atomic mass is 16.2. The molecule has 34 heavy (non-hydrogen) atoms. The molecule has 182 valence electrons. The van der Waals surface area contributed by atoms with Gasteiger partial charge in [0.25, 0.3) is 5.91 Å². The van der Waals surface area contributed by atoms with Crippen LogP contribution in [0.25, 0.3) is 0 Å². The lowest BCUT2D eigenvalue weighted by atomic mass is 10.0. The van der Waals surface area contributed by atoms with Crippen molar-refractivity contribution in [1.82, 2.24) is 20.1 Å². The highest BCUT2D eigenvalue weighted by Crippen LogP contribution is 2.33. The fourth-order valence-corrected chi connectivity index (χ4v) is 5.54. The summed E-state index contributed by atoms with van der Waals surface area (Å²) in [6.07, 6.45) is 5.22. The maximum atomic E-state index is 13.2. The number of unbranched alkanes of at least 4 members (excludes halogenated alkanes) is 1. The molecule has 6 nitrogen and oxygen atoms in total. The average Bonchev–Trinajstić information content (AvgIpc) is 3.40. The lowest BCUT2D eigenvalue weighted by Crippen LogP contribution is -2.35. The number of likely N-dealkylation sites (tertiary alicyclic amines) is 2. The van der Waals surface area contributed by atoms with Gasteiger partial charge in [-0.15, -0.1) is 0 Å². The van der Waals surface area contributed by atoms with E-state index in [1.807, 2.05) is 43.0 Å². The summed E-state index contributed by atoms with van der Waals surface area (Å²) in [6.45, 7) is 10.7. The minimum Gasteiger partial charge on any atom is -0.349 e. The van der Waals surface area contributed by atoms with Gasteiger partial charge in [-0.2, -0.15) is 0 Å². The lowest BCUT2D eigenvalue weighted by molar-refractivity contribution is -0.122. The first kappa shape index (κ1) is 24.4. The van der Waals surface area contributed by atoms with E-state index in [2.05, 4.69) is 34.3 Å².